The molecule has 0 radical (unpaired) electrons. The minimum atomic E-state index is -1.03. The molecule has 0 bridgehead atoms. The molecule has 0 unspecified atom stereocenters. The molecular formula is C6H7ClN2O2. The van der Waals surface area contributed by atoms with E-state index >= 15 is 0 Å². The summed E-state index contributed by atoms with van der Waals surface area (Å²) in [6.45, 7) is 0. The lowest BCUT2D eigenvalue weighted by molar-refractivity contribution is 0.195. The van der Waals surface area contributed by atoms with Crippen molar-refractivity contribution in [1.82, 2.24) is 9.55 Å². The first-order valence-electron chi connectivity index (χ1n) is 3.07. The monoisotopic (exact) mass is 174 g/mol. The first-order chi connectivity index (χ1) is 5.25. The van der Waals surface area contributed by atoms with Gasteiger partial charge in [0.25, 0.3) is 0 Å². The molecule has 0 spiro atoms. The van der Waals surface area contributed by atoms with Crippen LogP contribution in [0.2, 0.25) is 0 Å². The van der Waals surface area contributed by atoms with Crippen LogP contribution in [-0.4, -0.2) is 26.6 Å². The first-order valence-corrected chi connectivity index (χ1v) is 3.60. The van der Waals surface area contributed by atoms with Gasteiger partial charge in [0, 0.05) is 24.7 Å². The number of carboxylic acid groups (broad SMARTS) is 1. The Morgan fingerprint density at radius 1 is 1.82 bits per heavy atom. The molecule has 1 N–H and O–H groups in total. The lowest BCUT2D eigenvalue weighted by Gasteiger charge is -1.97. The van der Waals surface area contributed by atoms with E-state index < -0.39 is 6.09 Å². The molecule has 1 rings (SSSR count). The highest BCUT2D eigenvalue weighted by Gasteiger charge is 2.06. The van der Waals surface area contributed by atoms with Gasteiger partial charge in [-0.2, -0.15) is 0 Å². The summed E-state index contributed by atoms with van der Waals surface area (Å²) < 4.78 is 1.06. The van der Waals surface area contributed by atoms with Gasteiger partial charge < -0.3 is 5.11 Å². The van der Waals surface area contributed by atoms with E-state index in [-0.39, 0.29) is 0 Å². The van der Waals surface area contributed by atoms with Crippen molar-refractivity contribution in [3.05, 3.63) is 18.2 Å². The number of halogens is 1. The Bertz CT molecular complexity index is 259. The van der Waals surface area contributed by atoms with E-state index in [0.29, 0.717) is 18.1 Å². The third-order valence-electron chi connectivity index (χ3n) is 1.24. The van der Waals surface area contributed by atoms with Gasteiger partial charge in [-0.05, 0) is 0 Å². The quantitative estimate of drug-likeness (QED) is 0.686. The second kappa shape index (κ2) is 3.39. The largest absolute Gasteiger partial charge is 0.464 e. The van der Waals surface area contributed by atoms with Gasteiger partial charge in [-0.15, -0.1) is 11.6 Å². The predicted octanol–water partition coefficient (Wildman–Crippen LogP) is 1.19. The lowest BCUT2D eigenvalue weighted by Crippen LogP contribution is -2.11. The molecule has 0 saturated carbocycles. The number of hydrogen-bond donors (Lipinski definition) is 1. The van der Waals surface area contributed by atoms with Gasteiger partial charge in [0.2, 0.25) is 0 Å². The Morgan fingerprint density at radius 3 is 3.09 bits per heavy atom. The molecule has 0 atom stereocenters. The van der Waals surface area contributed by atoms with Crippen LogP contribution >= 0.6 is 11.6 Å². The van der Waals surface area contributed by atoms with Gasteiger partial charge >= 0.3 is 6.09 Å². The molecule has 0 aliphatic carbocycles. The average molecular weight is 175 g/mol. The molecule has 5 heteroatoms. The summed E-state index contributed by atoms with van der Waals surface area (Å²) in [7, 11) is 0. The summed E-state index contributed by atoms with van der Waals surface area (Å²) >= 11 is 5.42. The van der Waals surface area contributed by atoms with Crippen molar-refractivity contribution in [3.63, 3.8) is 0 Å². The number of imidazole rings is 1. The minimum absolute atomic E-state index is 0.379. The van der Waals surface area contributed by atoms with Gasteiger partial charge in [-0.3, -0.25) is 0 Å². The summed E-state index contributed by atoms with van der Waals surface area (Å²) in [6.07, 6.45) is 2.28. The van der Waals surface area contributed by atoms with Crippen LogP contribution in [0.25, 0.3) is 0 Å². The van der Waals surface area contributed by atoms with E-state index in [2.05, 4.69) is 4.98 Å². The molecule has 1 heterocycles. The fourth-order valence-electron chi connectivity index (χ4n) is 0.778. The molecule has 60 valence electrons. The van der Waals surface area contributed by atoms with E-state index in [1.54, 1.807) is 0 Å². The maximum atomic E-state index is 10.4. The molecule has 0 aromatic carbocycles. The van der Waals surface area contributed by atoms with Crippen molar-refractivity contribution in [2.75, 3.05) is 5.88 Å². The van der Waals surface area contributed by atoms with Gasteiger partial charge in [-0.25, -0.2) is 14.3 Å². The van der Waals surface area contributed by atoms with Crippen LogP contribution in [-0.2, 0) is 6.42 Å². The zero-order valence-corrected chi connectivity index (χ0v) is 6.45. The summed E-state index contributed by atoms with van der Waals surface area (Å²) in [5.74, 6) is 0.858. The third kappa shape index (κ3) is 1.71. The Balaban J connectivity index is 2.87. The van der Waals surface area contributed by atoms with Crippen molar-refractivity contribution in [1.29, 1.82) is 0 Å². The first kappa shape index (κ1) is 8.07. The highest BCUT2D eigenvalue weighted by Crippen LogP contribution is 1.98. The zero-order chi connectivity index (χ0) is 8.27. The van der Waals surface area contributed by atoms with Crippen molar-refractivity contribution in [3.8, 4) is 0 Å². The fourth-order valence-corrected chi connectivity index (χ4v) is 0.947. The lowest BCUT2D eigenvalue weighted by atomic mass is 10.4. The van der Waals surface area contributed by atoms with Gasteiger partial charge in [-0.1, -0.05) is 0 Å². The minimum Gasteiger partial charge on any atom is -0.464 e. The second-order valence-electron chi connectivity index (χ2n) is 1.94. The number of aromatic nitrogens is 2. The highest BCUT2D eigenvalue weighted by atomic mass is 35.5. The molecule has 0 amide bonds. The van der Waals surface area contributed by atoms with E-state index in [1.807, 2.05) is 0 Å². The fraction of sp³-hybridized carbons (Fsp3) is 0.333. The van der Waals surface area contributed by atoms with E-state index in [0.717, 1.165) is 4.57 Å². The average Bonchev–Trinajstić information content (AvgIpc) is 2.36. The Kier molecular flexibility index (Phi) is 2.48. The molecular weight excluding hydrogens is 168 g/mol. The molecule has 0 fully saturated rings. The molecule has 1 aromatic heterocycles. The highest BCUT2D eigenvalue weighted by molar-refractivity contribution is 6.17. The van der Waals surface area contributed by atoms with Crippen molar-refractivity contribution in [2.24, 2.45) is 0 Å². The number of alkyl halides is 1. The van der Waals surface area contributed by atoms with E-state index in [9.17, 15) is 4.79 Å². The van der Waals surface area contributed by atoms with Crippen LogP contribution in [0.3, 0.4) is 0 Å². The van der Waals surface area contributed by atoms with Crippen molar-refractivity contribution < 1.29 is 9.90 Å². The number of aryl methyl sites for hydroxylation is 1. The number of carbonyl (C=O) groups is 1. The predicted molar refractivity (Wildman–Crippen MR) is 40.1 cm³/mol. The summed E-state index contributed by atoms with van der Waals surface area (Å²) in [4.78, 5) is 14.3. The van der Waals surface area contributed by atoms with Crippen molar-refractivity contribution in [2.45, 2.75) is 6.42 Å². The number of hydrogen-bond acceptors (Lipinski definition) is 2. The Labute approximate surface area is 68.4 Å². The Morgan fingerprint density at radius 2 is 2.55 bits per heavy atom. The number of rotatable bonds is 2. The van der Waals surface area contributed by atoms with Crippen LogP contribution in [0.1, 0.15) is 5.82 Å². The summed E-state index contributed by atoms with van der Waals surface area (Å²) in [5, 5.41) is 8.56. The molecule has 4 nitrogen and oxygen atoms in total. The molecule has 0 saturated heterocycles. The van der Waals surface area contributed by atoms with Gasteiger partial charge in [0.15, 0.2) is 0 Å². The van der Waals surface area contributed by atoms with Crippen LogP contribution in [0.15, 0.2) is 12.4 Å². The number of nitrogens with zero attached hydrogens (tertiary/aromatic N) is 2. The zero-order valence-electron chi connectivity index (χ0n) is 5.70. The maximum Gasteiger partial charge on any atom is 0.416 e. The third-order valence-corrected chi connectivity index (χ3v) is 1.43. The molecule has 0 aliphatic heterocycles. The molecule has 0 aliphatic rings. The van der Waals surface area contributed by atoms with Gasteiger partial charge in [0.1, 0.15) is 5.82 Å². The smallest absolute Gasteiger partial charge is 0.416 e. The molecule has 11 heavy (non-hydrogen) atoms. The van der Waals surface area contributed by atoms with E-state index in [1.165, 1.54) is 12.4 Å². The van der Waals surface area contributed by atoms with Crippen LogP contribution in [0.5, 0.6) is 0 Å². The summed E-state index contributed by atoms with van der Waals surface area (Å²) in [5.41, 5.74) is 0. The second-order valence-corrected chi connectivity index (χ2v) is 2.31. The van der Waals surface area contributed by atoms with Crippen molar-refractivity contribution >= 4 is 17.7 Å². The van der Waals surface area contributed by atoms with Crippen LogP contribution < -0.4 is 0 Å². The Hall–Kier alpha value is -1.03. The van der Waals surface area contributed by atoms with E-state index in [4.69, 9.17) is 16.7 Å². The summed E-state index contributed by atoms with van der Waals surface area (Å²) in [6, 6.07) is 0. The standard InChI is InChI=1S/C6H7ClN2O2/c7-2-1-5-8-3-4-9(5)6(10)11/h3-4H,1-2H2,(H,10,11). The normalized spacial score (nSPS) is 9.91. The topological polar surface area (TPSA) is 55.1 Å². The van der Waals surface area contributed by atoms with Crippen LogP contribution in [0.4, 0.5) is 4.79 Å². The van der Waals surface area contributed by atoms with Gasteiger partial charge in [0.05, 0.1) is 0 Å². The molecule has 1 aromatic rings. The SMILES string of the molecule is O=C(O)n1ccnc1CCCl. The van der Waals surface area contributed by atoms with Crippen LogP contribution in [0, 0.1) is 0 Å². The maximum absolute atomic E-state index is 10.4.